The number of halogens is 2. The molecule has 120 valence electrons. The summed E-state index contributed by atoms with van der Waals surface area (Å²) < 4.78 is 5.42. The van der Waals surface area contributed by atoms with Gasteiger partial charge in [0.25, 0.3) is 0 Å². The smallest absolute Gasteiger partial charge is 0.317 e. The fourth-order valence-electron chi connectivity index (χ4n) is 2.02. The molecule has 0 bridgehead atoms. The Kier molecular flexibility index (Phi) is 9.67. The van der Waals surface area contributed by atoms with Crippen molar-refractivity contribution in [3.8, 4) is 0 Å². The second kappa shape index (κ2) is 10.0. The lowest BCUT2D eigenvalue weighted by atomic mass is 9.84. The zero-order valence-electron chi connectivity index (χ0n) is 13.0. The van der Waals surface area contributed by atoms with Crippen molar-refractivity contribution in [2.75, 3.05) is 32.1 Å². The minimum absolute atomic E-state index is 0. The lowest BCUT2D eigenvalue weighted by Gasteiger charge is -2.26. The molecule has 0 fully saturated rings. The van der Waals surface area contributed by atoms with Crippen molar-refractivity contribution in [1.29, 1.82) is 0 Å². The van der Waals surface area contributed by atoms with Gasteiger partial charge in [-0.2, -0.15) is 0 Å². The number of nitrogens with zero attached hydrogens (tertiary/aromatic N) is 1. The summed E-state index contributed by atoms with van der Waals surface area (Å²) in [5.74, 6) is -0.0490. The molecule has 3 nitrogen and oxygen atoms in total. The topological polar surface area (TPSA) is 29.5 Å². The van der Waals surface area contributed by atoms with E-state index in [1.807, 2.05) is 37.3 Å². The Labute approximate surface area is 139 Å². The largest absolute Gasteiger partial charge is 0.464 e. The van der Waals surface area contributed by atoms with Crippen LogP contribution in [0, 0.1) is 0 Å². The molecule has 0 saturated carbocycles. The molecule has 0 aromatic heterocycles. The fourth-order valence-corrected chi connectivity index (χ4v) is 2.29. The molecular formula is C16H25Cl2NO2. The molecule has 0 amide bonds. The Bertz CT molecular complexity index is 410. The van der Waals surface area contributed by atoms with E-state index >= 15 is 0 Å². The average Bonchev–Trinajstić information content (AvgIpc) is 2.51. The van der Waals surface area contributed by atoms with E-state index in [2.05, 4.69) is 18.7 Å². The van der Waals surface area contributed by atoms with Crippen molar-refractivity contribution >= 4 is 30.0 Å². The summed E-state index contributed by atoms with van der Waals surface area (Å²) in [6, 6.07) is 9.55. The van der Waals surface area contributed by atoms with E-state index in [-0.39, 0.29) is 24.3 Å². The van der Waals surface area contributed by atoms with Gasteiger partial charge in [-0.25, -0.2) is 0 Å². The summed E-state index contributed by atoms with van der Waals surface area (Å²) in [5.41, 5.74) is 0.106. The fraction of sp³-hybridized carbons (Fsp3) is 0.562. The molecular weight excluding hydrogens is 309 g/mol. The van der Waals surface area contributed by atoms with E-state index in [0.29, 0.717) is 6.61 Å². The molecule has 0 aliphatic rings. The molecule has 5 heteroatoms. The van der Waals surface area contributed by atoms with Gasteiger partial charge < -0.3 is 9.64 Å². The Morgan fingerprint density at radius 2 is 1.81 bits per heavy atom. The van der Waals surface area contributed by atoms with Crippen LogP contribution in [0.25, 0.3) is 0 Å². The lowest BCUT2D eigenvalue weighted by Crippen LogP contribution is -2.38. The van der Waals surface area contributed by atoms with E-state index in [1.165, 1.54) is 0 Å². The molecule has 1 aromatic carbocycles. The van der Waals surface area contributed by atoms with Crippen molar-refractivity contribution in [2.24, 2.45) is 0 Å². The van der Waals surface area contributed by atoms with Crippen molar-refractivity contribution in [2.45, 2.75) is 26.2 Å². The lowest BCUT2D eigenvalue weighted by molar-refractivity contribution is -0.149. The summed E-state index contributed by atoms with van der Waals surface area (Å²) >= 11 is 6.02. The minimum atomic E-state index is -0.786. The van der Waals surface area contributed by atoms with Crippen molar-refractivity contribution in [3.05, 3.63) is 35.9 Å². The van der Waals surface area contributed by atoms with Crippen LogP contribution in [0.5, 0.6) is 0 Å². The number of rotatable bonds is 8. The monoisotopic (exact) mass is 333 g/mol. The van der Waals surface area contributed by atoms with Crippen molar-refractivity contribution in [3.63, 3.8) is 0 Å². The highest BCUT2D eigenvalue weighted by Crippen LogP contribution is 2.26. The highest BCUT2D eigenvalue weighted by molar-refractivity contribution is 6.20. The van der Waals surface area contributed by atoms with Crippen LogP contribution in [-0.4, -0.2) is 43.0 Å². The second-order valence-electron chi connectivity index (χ2n) is 4.99. The number of hydrogen-bond donors (Lipinski definition) is 0. The zero-order chi connectivity index (χ0) is 15.0. The SMILES string of the molecule is CCN(CC)CCOC(=O)C(C)(CCl)c1ccccc1.Cl. The molecule has 1 rings (SSSR count). The molecule has 0 aliphatic carbocycles. The number of carbonyl (C=O) groups excluding carboxylic acids is 1. The first-order valence-corrected chi connectivity index (χ1v) is 7.63. The number of esters is 1. The molecule has 1 atom stereocenters. The summed E-state index contributed by atoms with van der Waals surface area (Å²) in [6.07, 6.45) is 0. The van der Waals surface area contributed by atoms with Gasteiger partial charge in [-0.05, 0) is 25.6 Å². The Morgan fingerprint density at radius 1 is 1.24 bits per heavy atom. The average molecular weight is 334 g/mol. The van der Waals surface area contributed by atoms with Crippen LogP contribution < -0.4 is 0 Å². The van der Waals surface area contributed by atoms with Gasteiger partial charge in [0.05, 0.1) is 0 Å². The van der Waals surface area contributed by atoms with Crippen molar-refractivity contribution < 1.29 is 9.53 Å². The number of hydrogen-bond acceptors (Lipinski definition) is 3. The maximum absolute atomic E-state index is 12.3. The van der Waals surface area contributed by atoms with E-state index in [4.69, 9.17) is 16.3 Å². The summed E-state index contributed by atoms with van der Waals surface area (Å²) in [5, 5.41) is 0. The highest BCUT2D eigenvalue weighted by Gasteiger charge is 2.36. The third-order valence-electron chi connectivity index (χ3n) is 3.66. The summed E-state index contributed by atoms with van der Waals surface area (Å²) in [4.78, 5) is 14.5. The van der Waals surface area contributed by atoms with Crippen LogP contribution in [-0.2, 0) is 14.9 Å². The Balaban J connectivity index is 0.00000400. The number of alkyl halides is 1. The van der Waals surface area contributed by atoms with E-state index in [9.17, 15) is 4.79 Å². The molecule has 0 N–H and O–H groups in total. The van der Waals surface area contributed by atoms with Gasteiger partial charge >= 0.3 is 5.97 Å². The van der Waals surface area contributed by atoms with Gasteiger partial charge in [0.15, 0.2) is 0 Å². The maximum atomic E-state index is 12.3. The van der Waals surface area contributed by atoms with Crippen LogP contribution >= 0.6 is 24.0 Å². The number of benzene rings is 1. The quantitative estimate of drug-likeness (QED) is 0.538. The van der Waals surface area contributed by atoms with Crippen molar-refractivity contribution in [1.82, 2.24) is 4.90 Å². The Morgan fingerprint density at radius 3 is 2.29 bits per heavy atom. The summed E-state index contributed by atoms with van der Waals surface area (Å²) in [7, 11) is 0. The van der Waals surface area contributed by atoms with E-state index in [0.717, 1.165) is 25.2 Å². The van der Waals surface area contributed by atoms with E-state index in [1.54, 1.807) is 0 Å². The predicted molar refractivity (Wildman–Crippen MR) is 90.5 cm³/mol. The molecule has 0 spiro atoms. The first-order chi connectivity index (χ1) is 9.58. The maximum Gasteiger partial charge on any atom is 0.317 e. The second-order valence-corrected chi connectivity index (χ2v) is 5.26. The van der Waals surface area contributed by atoms with Gasteiger partial charge in [0, 0.05) is 12.4 Å². The normalized spacial score (nSPS) is 13.4. The van der Waals surface area contributed by atoms with Gasteiger partial charge in [0.2, 0.25) is 0 Å². The van der Waals surface area contributed by atoms with Crippen LogP contribution in [0.15, 0.2) is 30.3 Å². The minimum Gasteiger partial charge on any atom is -0.464 e. The molecule has 0 aliphatic heterocycles. The van der Waals surface area contributed by atoms with Crippen LogP contribution in [0.1, 0.15) is 26.3 Å². The van der Waals surface area contributed by atoms with Crippen LogP contribution in [0.2, 0.25) is 0 Å². The summed E-state index contributed by atoms with van der Waals surface area (Å²) in [6.45, 7) is 9.09. The molecule has 0 radical (unpaired) electrons. The number of ether oxygens (including phenoxy) is 1. The molecule has 0 heterocycles. The first-order valence-electron chi connectivity index (χ1n) is 7.09. The van der Waals surface area contributed by atoms with E-state index < -0.39 is 5.41 Å². The highest BCUT2D eigenvalue weighted by atomic mass is 35.5. The predicted octanol–water partition coefficient (Wildman–Crippen LogP) is 3.49. The Hall–Kier alpha value is -0.770. The number of likely N-dealkylation sites (N-methyl/N-ethyl adjacent to an activating group) is 1. The molecule has 1 unspecified atom stereocenters. The third kappa shape index (κ3) is 5.50. The van der Waals surface area contributed by atoms with Gasteiger partial charge in [-0.3, -0.25) is 4.79 Å². The van der Waals surface area contributed by atoms with Crippen LogP contribution in [0.3, 0.4) is 0 Å². The first kappa shape index (κ1) is 20.2. The van der Waals surface area contributed by atoms with Gasteiger partial charge in [0.1, 0.15) is 12.0 Å². The standard InChI is InChI=1S/C16H24ClNO2.ClH/c1-4-18(5-2)11-12-20-15(19)16(3,13-17)14-9-7-6-8-10-14;/h6-10H,4-5,11-13H2,1-3H3;1H. The van der Waals surface area contributed by atoms with Gasteiger partial charge in [-0.1, -0.05) is 44.2 Å². The van der Waals surface area contributed by atoms with Crippen LogP contribution in [0.4, 0.5) is 0 Å². The molecule has 21 heavy (non-hydrogen) atoms. The molecule has 1 aromatic rings. The molecule has 0 saturated heterocycles. The number of carbonyl (C=O) groups is 1. The zero-order valence-corrected chi connectivity index (χ0v) is 14.5. The third-order valence-corrected chi connectivity index (χ3v) is 4.20. The van der Waals surface area contributed by atoms with Gasteiger partial charge in [-0.15, -0.1) is 24.0 Å².